The van der Waals surface area contributed by atoms with E-state index in [-0.39, 0.29) is 18.0 Å². The molecule has 1 aliphatic heterocycles. The predicted octanol–water partition coefficient (Wildman–Crippen LogP) is 1.35. The molecule has 1 aromatic rings. The third kappa shape index (κ3) is 3.99. The van der Waals surface area contributed by atoms with Crippen LogP contribution < -0.4 is 5.32 Å². The van der Waals surface area contributed by atoms with Crippen molar-refractivity contribution >= 4 is 27.8 Å². The van der Waals surface area contributed by atoms with Gasteiger partial charge in [0.1, 0.15) is 0 Å². The fourth-order valence-electron chi connectivity index (χ4n) is 2.37. The highest BCUT2D eigenvalue weighted by molar-refractivity contribution is 7.89. The quantitative estimate of drug-likeness (QED) is 0.854. The number of carbonyl (C=O) groups is 2. The van der Waals surface area contributed by atoms with Gasteiger partial charge in [-0.1, -0.05) is 0 Å². The standard InChI is InChI=1S/C14H18N2O6S/c1-22-14(19)15-11-2-4-12(5-3-11)23(20,21)16-8-6-10(7-9-16)13(17)18/h2-5,10H,6-9H2,1H3,(H,15,19)(H,17,18). The Labute approximate surface area is 134 Å². The van der Waals surface area contributed by atoms with Crippen molar-refractivity contribution in [2.24, 2.45) is 5.92 Å². The maximum atomic E-state index is 12.5. The Kier molecular flexibility index (Phi) is 5.22. The third-order valence-electron chi connectivity index (χ3n) is 3.73. The minimum atomic E-state index is -3.67. The molecule has 2 N–H and O–H groups in total. The first-order valence-electron chi connectivity index (χ1n) is 7.02. The van der Waals surface area contributed by atoms with E-state index in [1.807, 2.05) is 0 Å². The van der Waals surface area contributed by atoms with Gasteiger partial charge in [0.2, 0.25) is 10.0 Å². The number of carbonyl (C=O) groups excluding carboxylic acids is 1. The summed E-state index contributed by atoms with van der Waals surface area (Å²) in [4.78, 5) is 22.1. The SMILES string of the molecule is COC(=O)Nc1ccc(S(=O)(=O)N2CCC(C(=O)O)CC2)cc1. The lowest BCUT2D eigenvalue weighted by Crippen LogP contribution is -2.40. The van der Waals surface area contributed by atoms with Crippen molar-refractivity contribution in [1.29, 1.82) is 0 Å². The molecular weight excluding hydrogens is 324 g/mol. The average Bonchev–Trinajstić information content (AvgIpc) is 2.55. The number of carboxylic acids is 1. The Morgan fingerprint density at radius 2 is 1.78 bits per heavy atom. The van der Waals surface area contributed by atoms with E-state index < -0.39 is 28.0 Å². The summed E-state index contributed by atoms with van der Waals surface area (Å²) in [5.41, 5.74) is 0.417. The van der Waals surface area contributed by atoms with E-state index in [9.17, 15) is 18.0 Å². The fourth-order valence-corrected chi connectivity index (χ4v) is 3.84. The lowest BCUT2D eigenvalue weighted by Gasteiger charge is -2.29. The number of piperidine rings is 1. The lowest BCUT2D eigenvalue weighted by atomic mass is 9.99. The molecular formula is C14H18N2O6S. The van der Waals surface area contributed by atoms with Gasteiger partial charge in [-0.2, -0.15) is 4.31 Å². The summed E-state index contributed by atoms with van der Waals surface area (Å²) >= 11 is 0. The number of aliphatic carboxylic acids is 1. The van der Waals surface area contributed by atoms with Crippen molar-refractivity contribution in [2.45, 2.75) is 17.7 Å². The number of amides is 1. The topological polar surface area (TPSA) is 113 Å². The second kappa shape index (κ2) is 6.97. The van der Waals surface area contributed by atoms with E-state index >= 15 is 0 Å². The van der Waals surface area contributed by atoms with Crippen molar-refractivity contribution in [3.05, 3.63) is 24.3 Å². The molecule has 8 nitrogen and oxygen atoms in total. The van der Waals surface area contributed by atoms with E-state index in [0.29, 0.717) is 18.5 Å². The molecule has 1 aromatic carbocycles. The van der Waals surface area contributed by atoms with Gasteiger partial charge in [0.15, 0.2) is 0 Å². The van der Waals surface area contributed by atoms with Gasteiger partial charge in [-0.3, -0.25) is 10.1 Å². The van der Waals surface area contributed by atoms with Crippen LogP contribution in [0.25, 0.3) is 0 Å². The van der Waals surface area contributed by atoms with E-state index in [0.717, 1.165) is 0 Å². The second-order valence-electron chi connectivity index (χ2n) is 5.16. The number of carboxylic acid groups (broad SMARTS) is 1. The zero-order valence-electron chi connectivity index (χ0n) is 12.6. The smallest absolute Gasteiger partial charge is 0.411 e. The highest BCUT2D eigenvalue weighted by Gasteiger charge is 2.31. The number of nitrogens with one attached hydrogen (secondary N) is 1. The molecule has 2 rings (SSSR count). The zero-order valence-corrected chi connectivity index (χ0v) is 13.4. The van der Waals surface area contributed by atoms with Gasteiger partial charge in [-0.15, -0.1) is 0 Å². The van der Waals surface area contributed by atoms with Crippen LogP contribution in [0.15, 0.2) is 29.2 Å². The predicted molar refractivity (Wildman–Crippen MR) is 81.6 cm³/mol. The summed E-state index contributed by atoms with van der Waals surface area (Å²) in [6.45, 7) is 0.364. The molecule has 9 heteroatoms. The van der Waals surface area contributed by atoms with Crippen molar-refractivity contribution < 1.29 is 27.9 Å². The minimum Gasteiger partial charge on any atom is -0.481 e. The van der Waals surface area contributed by atoms with Gasteiger partial charge in [0, 0.05) is 18.8 Å². The van der Waals surface area contributed by atoms with Gasteiger partial charge in [0.25, 0.3) is 0 Å². The van der Waals surface area contributed by atoms with Gasteiger partial charge in [-0.05, 0) is 37.1 Å². The van der Waals surface area contributed by atoms with Crippen LogP contribution in [0.3, 0.4) is 0 Å². The second-order valence-corrected chi connectivity index (χ2v) is 7.10. The summed E-state index contributed by atoms with van der Waals surface area (Å²) in [5.74, 6) is -1.38. The van der Waals surface area contributed by atoms with Crippen LogP contribution in [-0.4, -0.2) is 50.1 Å². The summed E-state index contributed by atoms with van der Waals surface area (Å²) in [5, 5.41) is 11.4. The average molecular weight is 342 g/mol. The van der Waals surface area contributed by atoms with Crippen LogP contribution in [0.2, 0.25) is 0 Å². The molecule has 126 valence electrons. The molecule has 0 unspecified atom stereocenters. The number of benzene rings is 1. The highest BCUT2D eigenvalue weighted by Crippen LogP contribution is 2.24. The Hall–Kier alpha value is -2.13. The molecule has 0 atom stereocenters. The highest BCUT2D eigenvalue weighted by atomic mass is 32.2. The van der Waals surface area contributed by atoms with Crippen LogP contribution in [-0.2, 0) is 19.6 Å². The Balaban J connectivity index is 2.08. The lowest BCUT2D eigenvalue weighted by molar-refractivity contribution is -0.142. The molecule has 0 radical (unpaired) electrons. The zero-order chi connectivity index (χ0) is 17.0. The largest absolute Gasteiger partial charge is 0.481 e. The molecule has 0 aromatic heterocycles. The number of methoxy groups -OCH3 is 1. The summed E-state index contributed by atoms with van der Waals surface area (Å²) in [6, 6.07) is 5.72. The molecule has 1 aliphatic rings. The van der Waals surface area contributed by atoms with Crippen LogP contribution in [0.5, 0.6) is 0 Å². The van der Waals surface area contributed by atoms with Crippen LogP contribution >= 0.6 is 0 Å². The normalized spacial score (nSPS) is 16.7. The first kappa shape index (κ1) is 17.2. The van der Waals surface area contributed by atoms with Crippen molar-refractivity contribution in [2.75, 3.05) is 25.5 Å². The van der Waals surface area contributed by atoms with Crippen LogP contribution in [0.1, 0.15) is 12.8 Å². The molecule has 1 amide bonds. The van der Waals surface area contributed by atoms with E-state index in [2.05, 4.69) is 10.1 Å². The molecule has 0 saturated carbocycles. The maximum absolute atomic E-state index is 12.5. The minimum absolute atomic E-state index is 0.0988. The Morgan fingerprint density at radius 1 is 1.22 bits per heavy atom. The molecule has 23 heavy (non-hydrogen) atoms. The number of rotatable bonds is 4. The number of anilines is 1. The molecule has 1 heterocycles. The maximum Gasteiger partial charge on any atom is 0.411 e. The van der Waals surface area contributed by atoms with Gasteiger partial charge in [0.05, 0.1) is 17.9 Å². The Morgan fingerprint density at radius 3 is 2.26 bits per heavy atom. The number of sulfonamides is 1. The van der Waals surface area contributed by atoms with E-state index in [1.54, 1.807) is 0 Å². The molecule has 0 spiro atoms. The summed E-state index contributed by atoms with van der Waals surface area (Å²) in [6.07, 6.45) is -0.0380. The Bertz CT molecular complexity index is 678. The summed E-state index contributed by atoms with van der Waals surface area (Å²) < 4.78 is 30.8. The summed E-state index contributed by atoms with van der Waals surface area (Å²) in [7, 11) is -2.43. The van der Waals surface area contributed by atoms with Crippen molar-refractivity contribution in [3.8, 4) is 0 Å². The monoisotopic (exact) mass is 342 g/mol. The molecule has 1 saturated heterocycles. The number of hydrogen-bond acceptors (Lipinski definition) is 5. The first-order chi connectivity index (χ1) is 10.8. The van der Waals surface area contributed by atoms with E-state index in [1.165, 1.54) is 35.7 Å². The fraction of sp³-hybridized carbons (Fsp3) is 0.429. The molecule has 1 fully saturated rings. The molecule has 0 aliphatic carbocycles. The first-order valence-corrected chi connectivity index (χ1v) is 8.46. The number of nitrogens with zero attached hydrogens (tertiary/aromatic N) is 1. The van der Waals surface area contributed by atoms with Crippen LogP contribution in [0.4, 0.5) is 10.5 Å². The number of ether oxygens (including phenoxy) is 1. The van der Waals surface area contributed by atoms with Crippen LogP contribution in [0, 0.1) is 5.92 Å². The van der Waals surface area contributed by atoms with E-state index in [4.69, 9.17) is 5.11 Å². The van der Waals surface area contributed by atoms with Gasteiger partial charge < -0.3 is 9.84 Å². The third-order valence-corrected chi connectivity index (χ3v) is 5.64. The van der Waals surface area contributed by atoms with Crippen molar-refractivity contribution in [3.63, 3.8) is 0 Å². The van der Waals surface area contributed by atoms with Gasteiger partial charge >= 0.3 is 12.1 Å². The molecule has 0 bridgehead atoms. The number of hydrogen-bond donors (Lipinski definition) is 2. The van der Waals surface area contributed by atoms with Gasteiger partial charge in [-0.25, -0.2) is 13.2 Å². The van der Waals surface area contributed by atoms with Crippen molar-refractivity contribution in [1.82, 2.24) is 4.31 Å².